The van der Waals surface area contributed by atoms with Crippen molar-refractivity contribution < 1.29 is 9.90 Å². The average Bonchev–Trinajstić information content (AvgIpc) is 2.18. The lowest BCUT2D eigenvalue weighted by atomic mass is 10.1. The minimum atomic E-state index is -0.807. The first-order valence-corrected chi connectivity index (χ1v) is 5.11. The average molecular weight is 207 g/mol. The van der Waals surface area contributed by atoms with Crippen molar-refractivity contribution in [2.24, 2.45) is 0 Å². The molecule has 0 heterocycles. The van der Waals surface area contributed by atoms with Gasteiger partial charge in [0.15, 0.2) is 0 Å². The number of carboxylic acids is 1. The second-order valence-electron chi connectivity index (χ2n) is 3.76. The lowest BCUT2D eigenvalue weighted by Gasteiger charge is -2.16. The third-order valence-corrected chi connectivity index (χ3v) is 2.43. The molecular formula is C12H17NO2. The van der Waals surface area contributed by atoms with Crippen LogP contribution in [0.15, 0.2) is 18.2 Å². The fourth-order valence-electron chi connectivity index (χ4n) is 1.42. The minimum absolute atomic E-state index is 0.509. The van der Waals surface area contributed by atoms with Crippen molar-refractivity contribution in [3.8, 4) is 0 Å². The van der Waals surface area contributed by atoms with E-state index in [-0.39, 0.29) is 0 Å². The first-order valence-electron chi connectivity index (χ1n) is 5.11. The molecule has 0 radical (unpaired) electrons. The van der Waals surface area contributed by atoms with E-state index in [1.165, 1.54) is 0 Å². The number of rotatable bonds is 4. The van der Waals surface area contributed by atoms with Crippen LogP contribution in [0.4, 0.5) is 5.69 Å². The van der Waals surface area contributed by atoms with Crippen LogP contribution in [0.3, 0.4) is 0 Å². The number of hydrogen-bond donors (Lipinski definition) is 2. The van der Waals surface area contributed by atoms with Crippen molar-refractivity contribution in [2.75, 3.05) is 5.32 Å². The predicted octanol–water partition coefficient (Wildman–Crippen LogP) is 2.58. The molecule has 1 rings (SSSR count). The van der Waals surface area contributed by atoms with Crippen LogP contribution in [0.5, 0.6) is 0 Å². The van der Waals surface area contributed by atoms with Gasteiger partial charge in [-0.15, -0.1) is 0 Å². The number of hydrogen-bond acceptors (Lipinski definition) is 2. The summed E-state index contributed by atoms with van der Waals surface area (Å²) >= 11 is 0. The van der Waals surface area contributed by atoms with E-state index in [9.17, 15) is 4.79 Å². The molecule has 0 saturated carbocycles. The van der Waals surface area contributed by atoms with Gasteiger partial charge in [-0.1, -0.05) is 19.1 Å². The molecule has 1 aromatic carbocycles. The maximum atomic E-state index is 10.9. The van der Waals surface area contributed by atoms with E-state index in [2.05, 4.69) is 5.32 Å². The molecule has 0 spiro atoms. The van der Waals surface area contributed by atoms with E-state index < -0.39 is 12.0 Å². The Balaban J connectivity index is 2.87. The van der Waals surface area contributed by atoms with E-state index in [1.54, 1.807) is 0 Å². The number of benzene rings is 1. The fraction of sp³-hybridized carbons (Fsp3) is 0.417. The van der Waals surface area contributed by atoms with Gasteiger partial charge in [-0.05, 0) is 37.5 Å². The maximum Gasteiger partial charge on any atom is 0.326 e. The third-order valence-electron chi connectivity index (χ3n) is 2.43. The van der Waals surface area contributed by atoms with Crippen LogP contribution in [0.25, 0.3) is 0 Å². The van der Waals surface area contributed by atoms with Gasteiger partial charge in [-0.3, -0.25) is 0 Å². The van der Waals surface area contributed by atoms with Gasteiger partial charge in [-0.2, -0.15) is 0 Å². The Hall–Kier alpha value is -1.51. The Bertz CT molecular complexity index is 361. The molecule has 1 aromatic rings. The summed E-state index contributed by atoms with van der Waals surface area (Å²) in [5, 5.41) is 12.0. The van der Waals surface area contributed by atoms with Crippen molar-refractivity contribution in [1.82, 2.24) is 0 Å². The Morgan fingerprint density at radius 3 is 2.67 bits per heavy atom. The summed E-state index contributed by atoms with van der Waals surface area (Å²) in [5.74, 6) is -0.807. The summed E-state index contributed by atoms with van der Waals surface area (Å²) in [4.78, 5) is 10.9. The van der Waals surface area contributed by atoms with E-state index >= 15 is 0 Å². The molecule has 0 aliphatic carbocycles. The molecule has 1 unspecified atom stereocenters. The molecule has 3 nitrogen and oxygen atoms in total. The SMILES string of the molecule is CCC(Nc1cc(C)ccc1C)C(=O)O. The van der Waals surface area contributed by atoms with Crippen LogP contribution in [0, 0.1) is 13.8 Å². The van der Waals surface area contributed by atoms with Crippen LogP contribution in [-0.2, 0) is 4.79 Å². The highest BCUT2D eigenvalue weighted by atomic mass is 16.4. The molecule has 0 amide bonds. The number of carboxylic acid groups (broad SMARTS) is 1. The Labute approximate surface area is 90.1 Å². The molecule has 3 heteroatoms. The summed E-state index contributed by atoms with van der Waals surface area (Å²) in [6.07, 6.45) is 0.572. The maximum absolute atomic E-state index is 10.9. The summed E-state index contributed by atoms with van der Waals surface area (Å²) in [6.45, 7) is 5.82. The lowest BCUT2D eigenvalue weighted by molar-refractivity contribution is -0.137. The van der Waals surface area contributed by atoms with Crippen molar-refractivity contribution in [3.63, 3.8) is 0 Å². The molecule has 0 bridgehead atoms. The van der Waals surface area contributed by atoms with Crippen molar-refractivity contribution in [1.29, 1.82) is 0 Å². The molecular weight excluding hydrogens is 190 g/mol. The fourth-order valence-corrected chi connectivity index (χ4v) is 1.42. The van der Waals surface area contributed by atoms with E-state index in [1.807, 2.05) is 39.0 Å². The Morgan fingerprint density at radius 2 is 2.13 bits per heavy atom. The van der Waals surface area contributed by atoms with Gasteiger partial charge in [0, 0.05) is 5.69 Å². The predicted molar refractivity (Wildman–Crippen MR) is 61.3 cm³/mol. The smallest absolute Gasteiger partial charge is 0.326 e. The first kappa shape index (κ1) is 11.6. The van der Waals surface area contributed by atoms with Gasteiger partial charge >= 0.3 is 5.97 Å². The van der Waals surface area contributed by atoms with Crippen molar-refractivity contribution >= 4 is 11.7 Å². The molecule has 0 aromatic heterocycles. The molecule has 82 valence electrons. The monoisotopic (exact) mass is 207 g/mol. The molecule has 2 N–H and O–H groups in total. The lowest BCUT2D eigenvalue weighted by Crippen LogP contribution is -2.28. The van der Waals surface area contributed by atoms with E-state index in [0.29, 0.717) is 6.42 Å². The van der Waals surface area contributed by atoms with E-state index in [4.69, 9.17) is 5.11 Å². The highest BCUT2D eigenvalue weighted by Gasteiger charge is 2.14. The zero-order valence-electron chi connectivity index (χ0n) is 9.37. The summed E-state index contributed by atoms with van der Waals surface area (Å²) in [6, 6.07) is 5.47. The molecule has 0 aliphatic heterocycles. The zero-order valence-corrected chi connectivity index (χ0v) is 9.37. The molecule has 1 atom stereocenters. The van der Waals surface area contributed by atoms with Crippen molar-refractivity contribution in [3.05, 3.63) is 29.3 Å². The second kappa shape index (κ2) is 4.82. The molecule has 0 aliphatic rings. The van der Waals surface area contributed by atoms with Crippen LogP contribution in [-0.4, -0.2) is 17.1 Å². The van der Waals surface area contributed by atoms with E-state index in [0.717, 1.165) is 16.8 Å². The largest absolute Gasteiger partial charge is 0.480 e. The number of carbonyl (C=O) groups is 1. The normalized spacial score (nSPS) is 12.2. The molecule has 15 heavy (non-hydrogen) atoms. The number of nitrogens with one attached hydrogen (secondary N) is 1. The summed E-state index contributed by atoms with van der Waals surface area (Å²) < 4.78 is 0. The first-order chi connectivity index (χ1) is 7.04. The second-order valence-corrected chi connectivity index (χ2v) is 3.76. The van der Waals surface area contributed by atoms with Gasteiger partial charge in [0.1, 0.15) is 6.04 Å². The van der Waals surface area contributed by atoms with Crippen LogP contribution >= 0.6 is 0 Å². The highest BCUT2D eigenvalue weighted by molar-refractivity contribution is 5.77. The third kappa shape index (κ3) is 2.98. The van der Waals surface area contributed by atoms with Crippen LogP contribution < -0.4 is 5.32 Å². The van der Waals surface area contributed by atoms with Crippen LogP contribution in [0.2, 0.25) is 0 Å². The number of aliphatic carboxylic acids is 1. The van der Waals surface area contributed by atoms with Gasteiger partial charge < -0.3 is 10.4 Å². The Morgan fingerprint density at radius 1 is 1.47 bits per heavy atom. The van der Waals surface area contributed by atoms with Gasteiger partial charge in [0.2, 0.25) is 0 Å². The van der Waals surface area contributed by atoms with Gasteiger partial charge in [0.25, 0.3) is 0 Å². The summed E-state index contributed by atoms with van der Waals surface area (Å²) in [5.41, 5.74) is 3.10. The quantitative estimate of drug-likeness (QED) is 0.797. The number of aryl methyl sites for hydroxylation is 2. The van der Waals surface area contributed by atoms with Gasteiger partial charge in [-0.25, -0.2) is 4.79 Å². The standard InChI is InChI=1S/C12H17NO2/c1-4-10(12(14)15)13-11-7-8(2)5-6-9(11)3/h5-7,10,13H,4H2,1-3H3,(H,14,15). The Kier molecular flexibility index (Phi) is 3.72. The topological polar surface area (TPSA) is 49.3 Å². The molecule has 0 fully saturated rings. The van der Waals surface area contributed by atoms with Crippen molar-refractivity contribution in [2.45, 2.75) is 33.2 Å². The molecule has 0 saturated heterocycles. The van der Waals surface area contributed by atoms with Gasteiger partial charge in [0.05, 0.1) is 0 Å². The highest BCUT2D eigenvalue weighted by Crippen LogP contribution is 2.18. The van der Waals surface area contributed by atoms with Crippen LogP contribution in [0.1, 0.15) is 24.5 Å². The summed E-state index contributed by atoms with van der Waals surface area (Å²) in [7, 11) is 0. The zero-order chi connectivity index (χ0) is 11.4. The minimum Gasteiger partial charge on any atom is -0.480 e. The number of anilines is 1.